The van der Waals surface area contributed by atoms with Crippen LogP contribution in [-0.2, 0) is 11.3 Å². The van der Waals surface area contributed by atoms with E-state index in [2.05, 4.69) is 25.9 Å². The fourth-order valence-electron chi connectivity index (χ4n) is 2.86. The van der Waals surface area contributed by atoms with Gasteiger partial charge in [0, 0.05) is 10.9 Å². The molecule has 0 unspecified atom stereocenters. The molecule has 0 aliphatic carbocycles. The molecule has 9 nitrogen and oxygen atoms in total. The van der Waals surface area contributed by atoms with Crippen LogP contribution in [0.15, 0.2) is 64.1 Å². The summed E-state index contributed by atoms with van der Waals surface area (Å²) in [4.78, 5) is 13.4. The number of carbonyl (C=O) groups excluding carboxylic acids is 1. The highest BCUT2D eigenvalue weighted by Crippen LogP contribution is 2.29. The fraction of sp³-hybridized carbons (Fsp3) is 0.190. The quantitative estimate of drug-likeness (QED) is 0.375. The molecule has 0 saturated carbocycles. The second-order valence-electron chi connectivity index (χ2n) is 6.46. The van der Waals surface area contributed by atoms with E-state index in [0.717, 1.165) is 10.9 Å². The minimum absolute atomic E-state index is 0.106. The normalized spacial score (nSPS) is 11.6. The number of hydrogen-bond donors (Lipinski definition) is 1. The molecule has 0 saturated heterocycles. The standard InChI is InChI=1S/C21H20N6O3/c1-3-29-17-11-7-10-16-12-18(30-20(16)17)14(2)22-23-19(28)13-27-25-21(24-26-27)15-8-5-4-6-9-15/h4-12H,3,13H2,1-2H3,(H,23,28)/b22-14-. The molecule has 4 aromatic rings. The molecule has 0 atom stereocenters. The van der Waals surface area contributed by atoms with Gasteiger partial charge in [-0.3, -0.25) is 4.79 Å². The number of fused-ring (bicyclic) bond motifs is 1. The van der Waals surface area contributed by atoms with Crippen LogP contribution in [0.2, 0.25) is 0 Å². The Bertz CT molecular complexity index is 1200. The number of ether oxygens (including phenoxy) is 1. The summed E-state index contributed by atoms with van der Waals surface area (Å²) in [6.07, 6.45) is 0. The van der Waals surface area contributed by atoms with E-state index in [1.807, 2.05) is 61.5 Å². The van der Waals surface area contributed by atoms with E-state index in [1.165, 1.54) is 4.80 Å². The number of aromatic nitrogens is 4. The molecular formula is C21H20N6O3. The molecule has 0 fully saturated rings. The van der Waals surface area contributed by atoms with E-state index in [4.69, 9.17) is 9.15 Å². The highest BCUT2D eigenvalue weighted by Gasteiger charge is 2.12. The molecule has 0 radical (unpaired) electrons. The molecule has 2 aromatic heterocycles. The van der Waals surface area contributed by atoms with E-state index >= 15 is 0 Å². The minimum atomic E-state index is -0.377. The maximum absolute atomic E-state index is 12.2. The Balaban J connectivity index is 1.42. The number of rotatable bonds is 7. The van der Waals surface area contributed by atoms with Crippen molar-refractivity contribution >= 4 is 22.6 Å². The molecule has 30 heavy (non-hydrogen) atoms. The molecule has 0 bridgehead atoms. The maximum atomic E-state index is 12.2. The molecule has 1 amide bonds. The van der Waals surface area contributed by atoms with Crippen LogP contribution >= 0.6 is 0 Å². The predicted octanol–water partition coefficient (Wildman–Crippen LogP) is 3.03. The van der Waals surface area contributed by atoms with Gasteiger partial charge in [-0.15, -0.1) is 10.2 Å². The fourth-order valence-corrected chi connectivity index (χ4v) is 2.86. The van der Waals surface area contributed by atoms with Crippen LogP contribution in [0, 0.1) is 0 Å². The number of furan rings is 1. The van der Waals surface area contributed by atoms with E-state index in [1.54, 1.807) is 6.92 Å². The second kappa shape index (κ2) is 8.56. The first-order chi connectivity index (χ1) is 14.6. The molecule has 0 spiro atoms. The van der Waals surface area contributed by atoms with Gasteiger partial charge in [0.2, 0.25) is 5.82 Å². The van der Waals surface area contributed by atoms with Crippen molar-refractivity contribution in [2.45, 2.75) is 20.4 Å². The third-order valence-electron chi connectivity index (χ3n) is 4.28. The van der Waals surface area contributed by atoms with Crippen LogP contribution in [0.4, 0.5) is 0 Å². The van der Waals surface area contributed by atoms with Gasteiger partial charge < -0.3 is 9.15 Å². The number of nitrogens with zero attached hydrogens (tertiary/aromatic N) is 5. The topological polar surface area (TPSA) is 107 Å². The van der Waals surface area contributed by atoms with Gasteiger partial charge in [-0.25, -0.2) is 5.43 Å². The van der Waals surface area contributed by atoms with Crippen molar-refractivity contribution in [2.24, 2.45) is 5.10 Å². The van der Waals surface area contributed by atoms with E-state index < -0.39 is 0 Å². The summed E-state index contributed by atoms with van der Waals surface area (Å²) in [6, 6.07) is 17.0. The molecular weight excluding hydrogens is 384 g/mol. The van der Waals surface area contributed by atoms with Crippen LogP contribution in [0.5, 0.6) is 5.75 Å². The Morgan fingerprint density at radius 1 is 1.20 bits per heavy atom. The highest BCUT2D eigenvalue weighted by molar-refractivity contribution is 6.01. The lowest BCUT2D eigenvalue weighted by atomic mass is 10.2. The third-order valence-corrected chi connectivity index (χ3v) is 4.28. The average Bonchev–Trinajstić information content (AvgIpc) is 3.41. The lowest BCUT2D eigenvalue weighted by Gasteiger charge is -2.02. The summed E-state index contributed by atoms with van der Waals surface area (Å²) in [5.41, 5.74) is 4.49. The lowest BCUT2D eigenvalue weighted by molar-refractivity contribution is -0.122. The molecule has 2 heterocycles. The summed E-state index contributed by atoms with van der Waals surface area (Å²) in [7, 11) is 0. The second-order valence-corrected chi connectivity index (χ2v) is 6.46. The van der Waals surface area contributed by atoms with Crippen molar-refractivity contribution in [1.29, 1.82) is 0 Å². The van der Waals surface area contributed by atoms with Crippen molar-refractivity contribution in [3.05, 3.63) is 60.4 Å². The summed E-state index contributed by atoms with van der Waals surface area (Å²) < 4.78 is 11.5. The monoisotopic (exact) mass is 404 g/mol. The number of carbonyl (C=O) groups is 1. The predicted molar refractivity (Wildman–Crippen MR) is 111 cm³/mol. The number of amides is 1. The van der Waals surface area contributed by atoms with Gasteiger partial charge in [0.1, 0.15) is 12.3 Å². The summed E-state index contributed by atoms with van der Waals surface area (Å²) in [5.74, 6) is 1.29. The zero-order valence-corrected chi connectivity index (χ0v) is 16.6. The Hall–Kier alpha value is -4.01. The SMILES string of the molecule is CCOc1cccc2cc(/C(C)=N\NC(=O)Cn3nnc(-c4ccccc4)n3)oc12. The molecule has 0 aliphatic rings. The Labute approximate surface area is 172 Å². The first-order valence-electron chi connectivity index (χ1n) is 9.46. The van der Waals surface area contributed by atoms with Crippen molar-refractivity contribution < 1.29 is 13.9 Å². The number of benzene rings is 2. The minimum Gasteiger partial charge on any atom is -0.490 e. The van der Waals surface area contributed by atoms with Gasteiger partial charge >= 0.3 is 0 Å². The Kier molecular flexibility index (Phi) is 5.51. The van der Waals surface area contributed by atoms with Gasteiger partial charge in [0.25, 0.3) is 5.91 Å². The number of tetrazole rings is 1. The van der Waals surface area contributed by atoms with Crippen LogP contribution in [0.25, 0.3) is 22.4 Å². The number of hydrogen-bond acceptors (Lipinski definition) is 7. The molecule has 0 aliphatic heterocycles. The van der Waals surface area contributed by atoms with E-state index in [0.29, 0.717) is 35.2 Å². The van der Waals surface area contributed by atoms with Crippen LogP contribution in [0.1, 0.15) is 19.6 Å². The number of para-hydroxylation sites is 1. The lowest BCUT2D eigenvalue weighted by Crippen LogP contribution is -2.25. The van der Waals surface area contributed by atoms with Gasteiger partial charge in [0.15, 0.2) is 17.1 Å². The molecule has 4 rings (SSSR count). The Morgan fingerprint density at radius 3 is 2.83 bits per heavy atom. The zero-order chi connectivity index (χ0) is 20.9. The van der Waals surface area contributed by atoms with Gasteiger partial charge in [-0.05, 0) is 31.2 Å². The van der Waals surface area contributed by atoms with Crippen molar-refractivity contribution in [1.82, 2.24) is 25.6 Å². The largest absolute Gasteiger partial charge is 0.490 e. The average molecular weight is 404 g/mol. The summed E-state index contributed by atoms with van der Waals surface area (Å²) in [6.45, 7) is 4.10. The molecule has 2 aromatic carbocycles. The van der Waals surface area contributed by atoms with Crippen molar-refractivity contribution in [3.63, 3.8) is 0 Å². The Morgan fingerprint density at radius 2 is 2.03 bits per heavy atom. The first kappa shape index (κ1) is 19.3. The van der Waals surface area contributed by atoms with Crippen molar-refractivity contribution in [3.8, 4) is 17.1 Å². The smallest absolute Gasteiger partial charge is 0.263 e. The van der Waals surface area contributed by atoms with Gasteiger partial charge in [0.05, 0.1) is 6.61 Å². The summed E-state index contributed by atoms with van der Waals surface area (Å²) in [5, 5.41) is 17.1. The van der Waals surface area contributed by atoms with Gasteiger partial charge in [-0.1, -0.05) is 42.5 Å². The number of nitrogens with one attached hydrogen (secondary N) is 1. The molecule has 1 N–H and O–H groups in total. The van der Waals surface area contributed by atoms with E-state index in [9.17, 15) is 4.79 Å². The molecule has 152 valence electrons. The van der Waals surface area contributed by atoms with Crippen LogP contribution in [-0.4, -0.2) is 38.4 Å². The van der Waals surface area contributed by atoms with Crippen LogP contribution < -0.4 is 10.2 Å². The maximum Gasteiger partial charge on any atom is 0.263 e. The third kappa shape index (κ3) is 4.19. The van der Waals surface area contributed by atoms with Crippen molar-refractivity contribution in [2.75, 3.05) is 6.61 Å². The molecule has 9 heteroatoms. The highest BCUT2D eigenvalue weighted by atomic mass is 16.5. The summed E-state index contributed by atoms with van der Waals surface area (Å²) >= 11 is 0. The van der Waals surface area contributed by atoms with Gasteiger partial charge in [-0.2, -0.15) is 9.90 Å². The number of hydrazone groups is 1. The first-order valence-corrected chi connectivity index (χ1v) is 9.46. The van der Waals surface area contributed by atoms with Crippen LogP contribution in [0.3, 0.4) is 0 Å². The zero-order valence-electron chi connectivity index (χ0n) is 16.6. The van der Waals surface area contributed by atoms with E-state index in [-0.39, 0.29) is 12.5 Å².